The Labute approximate surface area is 287 Å². The summed E-state index contributed by atoms with van der Waals surface area (Å²) in [5, 5.41) is 27.0. The number of β-lactam (4-membered cyclic amide) rings is 1. The van der Waals surface area contributed by atoms with Gasteiger partial charge >= 0.3 is 5.97 Å². The number of nitrogens with zero attached hydrogens (tertiary/aromatic N) is 6. The third-order valence-electron chi connectivity index (χ3n) is 7.89. The number of nitrogens with one attached hydrogen (secondary N) is 1. The summed E-state index contributed by atoms with van der Waals surface area (Å²) in [7, 11) is 0. The predicted octanol–water partition coefficient (Wildman–Crippen LogP) is 1.58. The minimum absolute atomic E-state index is 0. The molecule has 4 aliphatic rings. The molecule has 227 valence electrons. The Morgan fingerprint density at radius 2 is 1.93 bits per heavy atom. The average molecular weight is 657 g/mol. The Morgan fingerprint density at radius 1 is 1.18 bits per heavy atom. The van der Waals surface area contributed by atoms with Crippen molar-refractivity contribution in [1.82, 2.24) is 34.7 Å². The van der Waals surface area contributed by atoms with Gasteiger partial charge in [0.05, 0.1) is 5.75 Å². The maximum atomic E-state index is 13.1. The van der Waals surface area contributed by atoms with Crippen LogP contribution in [0.4, 0.5) is 0 Å². The van der Waals surface area contributed by atoms with Crippen LogP contribution >= 0.6 is 23.5 Å². The quantitative estimate of drug-likeness (QED) is 0.106. The predicted molar refractivity (Wildman–Crippen MR) is 166 cm³/mol. The van der Waals surface area contributed by atoms with Gasteiger partial charge in [0.25, 0.3) is 11.7 Å². The van der Waals surface area contributed by atoms with Crippen molar-refractivity contribution in [3.8, 4) is 17.1 Å². The van der Waals surface area contributed by atoms with Crippen LogP contribution in [0.3, 0.4) is 0 Å². The number of carboxylic acid groups (broad SMARTS) is 1. The summed E-state index contributed by atoms with van der Waals surface area (Å²) in [6, 6.07) is 7.69. The van der Waals surface area contributed by atoms with Crippen LogP contribution in [0.2, 0.25) is 0 Å². The number of hydrogen-bond acceptors (Lipinski definition) is 10. The molecule has 3 N–H and O–H groups in total. The number of aromatic nitrogens is 4. The number of phenolic OH excluding ortho intramolecular Hbond substituents is 1. The van der Waals surface area contributed by atoms with E-state index < -0.39 is 23.3 Å². The molecule has 0 bridgehead atoms. The Morgan fingerprint density at radius 3 is 2.64 bits per heavy atom. The standard InChI is InChI=1S/C29H27N7O6S2.Na/c1-14-10-21(36-29(30-14)32-24(33-36)15-2-6-19(37)7-3-15)43-13-20(38)31-22-26(40)35-23(28(41)42)17(12-44-27(22)35)11-16-8-9-34(25(16)39)18-4-5-18;/h2-3,6-7,10-11,18,22,27,37H,4-5,8-9,12-13H2,1H3,(H,31,38)(H,41,42);/t22-,27-;/m1./s1. The number of aromatic hydroxyl groups is 1. The third kappa shape index (κ3) is 5.99. The van der Waals surface area contributed by atoms with Crippen molar-refractivity contribution in [2.75, 3.05) is 18.1 Å². The topological polar surface area (TPSA) is 170 Å². The van der Waals surface area contributed by atoms with E-state index >= 15 is 0 Å². The second-order valence-corrected chi connectivity index (χ2v) is 13.1. The molecule has 45 heavy (non-hydrogen) atoms. The molecular formula is C29H27N7NaO6S2. The fraction of sp³-hybridized carbons (Fsp3) is 0.345. The molecule has 7 rings (SSSR count). The van der Waals surface area contributed by atoms with E-state index in [4.69, 9.17) is 0 Å². The van der Waals surface area contributed by atoms with E-state index in [1.807, 2.05) is 11.8 Å². The van der Waals surface area contributed by atoms with E-state index in [2.05, 4.69) is 20.4 Å². The van der Waals surface area contributed by atoms with Gasteiger partial charge in [-0.15, -0.1) is 16.9 Å². The minimum atomic E-state index is -1.24. The van der Waals surface area contributed by atoms with Crippen LogP contribution in [-0.2, 0) is 19.2 Å². The zero-order chi connectivity index (χ0) is 30.7. The van der Waals surface area contributed by atoms with E-state index in [9.17, 15) is 29.4 Å². The molecule has 3 aromatic rings. The Kier molecular flexibility index (Phi) is 8.73. The molecule has 2 atom stereocenters. The van der Waals surface area contributed by atoms with Crippen LogP contribution < -0.4 is 5.32 Å². The first kappa shape index (κ1) is 31.6. The van der Waals surface area contributed by atoms with Crippen LogP contribution in [0.1, 0.15) is 25.0 Å². The van der Waals surface area contributed by atoms with Gasteiger partial charge in [-0.25, -0.2) is 9.78 Å². The monoisotopic (exact) mass is 656 g/mol. The van der Waals surface area contributed by atoms with Gasteiger partial charge in [0.1, 0.15) is 27.9 Å². The molecule has 0 spiro atoms. The normalized spacial score (nSPS) is 22.0. The molecule has 1 radical (unpaired) electrons. The first-order valence-electron chi connectivity index (χ1n) is 14.1. The van der Waals surface area contributed by atoms with Crippen molar-refractivity contribution in [3.05, 3.63) is 58.9 Å². The van der Waals surface area contributed by atoms with Gasteiger partial charge < -0.3 is 20.4 Å². The Bertz CT molecular complexity index is 1810. The molecule has 2 aromatic heterocycles. The number of carbonyl (C=O) groups excluding carboxylic acids is 3. The van der Waals surface area contributed by atoms with Crippen LogP contribution in [0.5, 0.6) is 5.75 Å². The fourth-order valence-corrected chi connectivity index (χ4v) is 7.78. The second kappa shape index (κ2) is 12.4. The first-order valence-corrected chi connectivity index (χ1v) is 16.1. The van der Waals surface area contributed by atoms with Crippen molar-refractivity contribution >= 4 is 82.5 Å². The van der Waals surface area contributed by atoms with Gasteiger partial charge in [0, 0.05) is 64.7 Å². The van der Waals surface area contributed by atoms with E-state index in [1.54, 1.807) is 40.9 Å². The minimum Gasteiger partial charge on any atom is -0.508 e. The van der Waals surface area contributed by atoms with Gasteiger partial charge in [0.15, 0.2) is 5.82 Å². The van der Waals surface area contributed by atoms with Gasteiger partial charge in [0.2, 0.25) is 11.8 Å². The fourth-order valence-electron chi connectivity index (χ4n) is 5.61. The number of carbonyl (C=O) groups is 4. The zero-order valence-electron chi connectivity index (χ0n) is 24.5. The smallest absolute Gasteiger partial charge is 0.352 e. The van der Waals surface area contributed by atoms with E-state index in [1.165, 1.54) is 28.4 Å². The van der Waals surface area contributed by atoms with E-state index in [0.717, 1.165) is 12.8 Å². The number of aliphatic carboxylic acids is 1. The summed E-state index contributed by atoms with van der Waals surface area (Å²) in [6.45, 7) is 2.45. The van der Waals surface area contributed by atoms with Crippen molar-refractivity contribution in [1.29, 1.82) is 0 Å². The summed E-state index contributed by atoms with van der Waals surface area (Å²) < 4.78 is 1.54. The first-order chi connectivity index (χ1) is 21.2. The van der Waals surface area contributed by atoms with Gasteiger partial charge in [-0.3, -0.25) is 19.3 Å². The number of allylic oxidation sites excluding steroid dienone is 1. The summed E-state index contributed by atoms with van der Waals surface area (Å²) in [5.41, 5.74) is 2.26. The molecule has 3 aliphatic heterocycles. The molecule has 3 amide bonds. The molecule has 2 saturated heterocycles. The number of thioether (sulfide) groups is 2. The van der Waals surface area contributed by atoms with Crippen LogP contribution in [-0.4, -0.2) is 128 Å². The zero-order valence-corrected chi connectivity index (χ0v) is 28.1. The number of amides is 3. The molecule has 1 aliphatic carbocycles. The Hall–Kier alpha value is -3.37. The number of likely N-dealkylation sites (tertiary alicyclic amines) is 1. The largest absolute Gasteiger partial charge is 0.508 e. The maximum Gasteiger partial charge on any atom is 0.352 e. The molecule has 13 nitrogen and oxygen atoms in total. The SMILES string of the molecule is Cc1cc(SCC(=O)N[C@@H]2C(=O)N3C(C(=O)O)=C(C=C4CCN(C5CC5)C4=O)CS[C@H]23)n2nc(-c3ccc(O)cc3)nc2n1.[Na]. The summed E-state index contributed by atoms with van der Waals surface area (Å²) in [5.74, 6) is -0.994. The summed E-state index contributed by atoms with van der Waals surface area (Å²) in [4.78, 5) is 63.2. The Balaban J connectivity index is 0.00000357. The average Bonchev–Trinajstić information content (AvgIpc) is 3.65. The van der Waals surface area contributed by atoms with Crippen molar-refractivity contribution < 1.29 is 29.4 Å². The number of benzene rings is 1. The summed E-state index contributed by atoms with van der Waals surface area (Å²) >= 11 is 2.58. The maximum absolute atomic E-state index is 13.1. The number of rotatable bonds is 8. The van der Waals surface area contributed by atoms with E-state index in [-0.39, 0.29) is 58.6 Å². The van der Waals surface area contributed by atoms with Crippen LogP contribution in [0, 0.1) is 6.92 Å². The molecule has 1 aromatic carbocycles. The van der Waals surface area contributed by atoms with Gasteiger partial charge in [-0.1, -0.05) is 11.8 Å². The number of phenols is 1. The van der Waals surface area contributed by atoms with Gasteiger partial charge in [-0.2, -0.15) is 9.50 Å². The molecule has 5 heterocycles. The van der Waals surface area contributed by atoms with Gasteiger partial charge in [-0.05, 0) is 68.2 Å². The van der Waals surface area contributed by atoms with E-state index in [0.29, 0.717) is 63.8 Å². The second-order valence-electron chi connectivity index (χ2n) is 11.0. The van der Waals surface area contributed by atoms with Crippen molar-refractivity contribution in [2.45, 2.75) is 48.7 Å². The number of carboxylic acids is 1. The molecule has 1 saturated carbocycles. The van der Waals surface area contributed by atoms with Crippen molar-refractivity contribution in [2.24, 2.45) is 0 Å². The number of aryl methyl sites for hydroxylation is 1. The third-order valence-corrected chi connectivity index (χ3v) is 10.2. The molecule has 0 unspecified atom stereocenters. The molecular weight excluding hydrogens is 629 g/mol. The van der Waals surface area contributed by atoms with Crippen LogP contribution in [0.25, 0.3) is 17.2 Å². The van der Waals surface area contributed by atoms with Crippen LogP contribution in [0.15, 0.2) is 58.3 Å². The molecule has 16 heteroatoms. The van der Waals surface area contributed by atoms with Crippen molar-refractivity contribution in [3.63, 3.8) is 0 Å². The number of hydrogen-bond donors (Lipinski definition) is 3. The number of fused-ring (bicyclic) bond motifs is 2. The summed E-state index contributed by atoms with van der Waals surface area (Å²) in [6.07, 6.45) is 4.20. The molecule has 3 fully saturated rings.